The van der Waals surface area contributed by atoms with E-state index in [1.807, 2.05) is 12.1 Å². The molecule has 1 atom stereocenters. The van der Waals surface area contributed by atoms with Gasteiger partial charge in [0.1, 0.15) is 11.8 Å². The van der Waals surface area contributed by atoms with E-state index in [9.17, 15) is 5.26 Å². The van der Waals surface area contributed by atoms with Crippen LogP contribution in [0.5, 0.6) is 0 Å². The van der Waals surface area contributed by atoms with E-state index >= 15 is 0 Å². The zero-order chi connectivity index (χ0) is 17.7. The summed E-state index contributed by atoms with van der Waals surface area (Å²) in [6, 6.07) is 9.03. The van der Waals surface area contributed by atoms with Crippen LogP contribution in [0.1, 0.15) is 50.4 Å². The molecule has 1 aromatic heterocycles. The molecule has 0 bridgehead atoms. The molecule has 2 aromatic rings. The zero-order valence-electron chi connectivity index (χ0n) is 15.5. The quantitative estimate of drug-likeness (QED) is 0.686. The molecule has 1 heterocycles. The lowest BCUT2D eigenvalue weighted by molar-refractivity contribution is 0.192. The summed E-state index contributed by atoms with van der Waals surface area (Å²) in [5.41, 5.74) is 4.23. The van der Waals surface area contributed by atoms with Crippen LogP contribution in [0, 0.1) is 18.3 Å². The minimum Gasteiger partial charge on any atom is -0.331 e. The molecule has 0 aliphatic rings. The van der Waals surface area contributed by atoms with Crippen LogP contribution in [0.4, 0.5) is 0 Å². The molecule has 0 radical (unpaired) electrons. The second-order valence-corrected chi connectivity index (χ2v) is 6.55. The highest BCUT2D eigenvalue weighted by Crippen LogP contribution is 2.27. The summed E-state index contributed by atoms with van der Waals surface area (Å²) < 4.78 is 2.18. The molecule has 0 fully saturated rings. The summed E-state index contributed by atoms with van der Waals surface area (Å²) in [5.74, 6) is 0. The van der Waals surface area contributed by atoms with E-state index < -0.39 is 0 Å². The van der Waals surface area contributed by atoms with Gasteiger partial charge >= 0.3 is 0 Å². The number of hydrogen-bond donors (Lipinski definition) is 0. The van der Waals surface area contributed by atoms with Gasteiger partial charge in [-0.2, -0.15) is 5.26 Å². The van der Waals surface area contributed by atoms with Gasteiger partial charge in [0.15, 0.2) is 0 Å². The third kappa shape index (κ3) is 3.55. The fraction of sp³-hybridized carbons (Fsp3) is 0.476. The topological polar surface area (TPSA) is 32.0 Å². The van der Waals surface area contributed by atoms with Crippen LogP contribution in [0.2, 0.25) is 0 Å². The van der Waals surface area contributed by atoms with Gasteiger partial charge in [0.2, 0.25) is 0 Å². The fourth-order valence-electron chi connectivity index (χ4n) is 3.51. The van der Waals surface area contributed by atoms with Gasteiger partial charge in [0.25, 0.3) is 0 Å². The Balaban J connectivity index is 2.42. The maximum absolute atomic E-state index is 9.59. The van der Waals surface area contributed by atoms with Crippen molar-refractivity contribution in [3.63, 3.8) is 0 Å². The van der Waals surface area contributed by atoms with Crippen LogP contribution in [0.25, 0.3) is 17.0 Å². The van der Waals surface area contributed by atoms with Gasteiger partial charge in [0.05, 0.1) is 0 Å². The molecule has 0 aliphatic heterocycles. The van der Waals surface area contributed by atoms with Crippen molar-refractivity contribution >= 4 is 17.0 Å². The van der Waals surface area contributed by atoms with Crippen molar-refractivity contribution in [3.8, 4) is 6.07 Å². The van der Waals surface area contributed by atoms with Crippen molar-refractivity contribution in [1.82, 2.24) is 9.47 Å². The summed E-state index contributed by atoms with van der Waals surface area (Å²) in [5, 5.41) is 10.8. The van der Waals surface area contributed by atoms with Crippen molar-refractivity contribution in [2.75, 3.05) is 13.1 Å². The lowest BCUT2D eigenvalue weighted by Crippen LogP contribution is -2.37. The van der Waals surface area contributed by atoms with E-state index in [4.69, 9.17) is 0 Å². The summed E-state index contributed by atoms with van der Waals surface area (Å²) in [7, 11) is 0. The first-order valence-corrected chi connectivity index (χ1v) is 8.96. The minimum absolute atomic E-state index is 0.409. The lowest BCUT2D eigenvalue weighted by Gasteiger charge is -2.29. The second-order valence-electron chi connectivity index (χ2n) is 6.55. The van der Waals surface area contributed by atoms with Crippen molar-refractivity contribution in [2.45, 2.75) is 53.1 Å². The van der Waals surface area contributed by atoms with E-state index in [0.29, 0.717) is 6.04 Å². The number of nitrogens with zero attached hydrogens (tertiary/aromatic N) is 3. The van der Waals surface area contributed by atoms with Gasteiger partial charge < -0.3 is 4.57 Å². The van der Waals surface area contributed by atoms with Crippen LogP contribution in [-0.4, -0.2) is 28.6 Å². The first kappa shape index (κ1) is 18.3. The summed E-state index contributed by atoms with van der Waals surface area (Å²) in [6.07, 6.45) is 4.19. The van der Waals surface area contributed by atoms with Gasteiger partial charge in [-0.3, -0.25) is 4.90 Å². The highest BCUT2D eigenvalue weighted by Gasteiger charge is 2.17. The lowest BCUT2D eigenvalue weighted by atomic mass is 10.0. The van der Waals surface area contributed by atoms with E-state index in [1.165, 1.54) is 5.56 Å². The molecule has 3 heteroatoms. The molecular formula is C21H29N3. The molecule has 128 valence electrons. The van der Waals surface area contributed by atoms with Gasteiger partial charge in [-0.05, 0) is 63.0 Å². The molecule has 0 spiro atoms. The molecule has 0 saturated heterocycles. The molecular weight excluding hydrogens is 294 g/mol. The average molecular weight is 323 g/mol. The first-order valence-electron chi connectivity index (χ1n) is 8.96. The van der Waals surface area contributed by atoms with Gasteiger partial charge in [-0.25, -0.2) is 0 Å². The van der Waals surface area contributed by atoms with Gasteiger partial charge in [0, 0.05) is 23.5 Å². The van der Waals surface area contributed by atoms with Crippen LogP contribution >= 0.6 is 0 Å². The Morgan fingerprint density at radius 2 is 1.96 bits per heavy atom. The maximum atomic E-state index is 9.59. The van der Waals surface area contributed by atoms with Crippen LogP contribution in [0.15, 0.2) is 24.8 Å². The first-order chi connectivity index (χ1) is 11.6. The minimum atomic E-state index is 0.409. The Morgan fingerprint density at radius 1 is 1.29 bits per heavy atom. The molecule has 0 amide bonds. The van der Waals surface area contributed by atoms with Crippen molar-refractivity contribution in [2.24, 2.45) is 0 Å². The summed E-state index contributed by atoms with van der Waals surface area (Å²) >= 11 is 0. The fourth-order valence-corrected chi connectivity index (χ4v) is 3.51. The largest absolute Gasteiger partial charge is 0.331 e. The molecule has 2 rings (SSSR count). The molecule has 0 N–H and O–H groups in total. The highest BCUT2D eigenvalue weighted by molar-refractivity contribution is 5.88. The zero-order valence-corrected chi connectivity index (χ0v) is 15.5. The third-order valence-corrected chi connectivity index (χ3v) is 4.82. The smallest absolute Gasteiger partial charge is 0.121 e. The van der Waals surface area contributed by atoms with Crippen LogP contribution in [0.3, 0.4) is 0 Å². The monoisotopic (exact) mass is 323 g/mol. The van der Waals surface area contributed by atoms with E-state index in [1.54, 1.807) is 0 Å². The van der Waals surface area contributed by atoms with Crippen LogP contribution in [-0.2, 0) is 6.54 Å². The molecule has 1 unspecified atom stereocenters. The van der Waals surface area contributed by atoms with Gasteiger partial charge in [-0.15, -0.1) is 0 Å². The van der Waals surface area contributed by atoms with Crippen LogP contribution < -0.4 is 0 Å². The highest BCUT2D eigenvalue weighted by atomic mass is 15.2. The summed E-state index contributed by atoms with van der Waals surface area (Å²) in [6.45, 7) is 15.8. The van der Waals surface area contributed by atoms with E-state index in [-0.39, 0.29) is 0 Å². The number of aromatic nitrogens is 1. The average Bonchev–Trinajstić information content (AvgIpc) is 2.93. The number of nitriles is 1. The second kappa shape index (κ2) is 8.17. The Labute approximate surface area is 146 Å². The Hall–Kier alpha value is -2.05. The number of aryl methyl sites for hydroxylation is 1. The molecule has 24 heavy (non-hydrogen) atoms. The van der Waals surface area contributed by atoms with Crippen molar-refractivity contribution < 1.29 is 0 Å². The molecule has 3 nitrogen and oxygen atoms in total. The molecule has 0 saturated carbocycles. The SMILES string of the molecule is C=Cc1ccc2c(cc(C#N)n2CC(C)N(CCC)CCC)c1C. The normalized spacial score (nSPS) is 12.5. The summed E-state index contributed by atoms with van der Waals surface area (Å²) in [4.78, 5) is 2.53. The standard InChI is InChI=1S/C21H29N3/c1-6-11-23(12-7-2)16(4)15-24-19(14-22)13-20-17(5)18(8-3)9-10-21(20)24/h8-10,13,16H,3,6-7,11-12,15H2,1-2,4-5H3. The molecule has 0 aliphatic carbocycles. The third-order valence-electron chi connectivity index (χ3n) is 4.82. The van der Waals surface area contributed by atoms with E-state index in [0.717, 1.165) is 54.6 Å². The van der Waals surface area contributed by atoms with Gasteiger partial charge in [-0.1, -0.05) is 32.6 Å². The number of benzene rings is 1. The number of fused-ring (bicyclic) bond motifs is 1. The predicted octanol–water partition coefficient (Wildman–Crippen LogP) is 4.97. The Bertz CT molecular complexity index is 743. The van der Waals surface area contributed by atoms with E-state index in [2.05, 4.69) is 61.9 Å². The number of rotatable bonds is 8. The van der Waals surface area contributed by atoms with Crippen molar-refractivity contribution in [3.05, 3.63) is 41.6 Å². The van der Waals surface area contributed by atoms with Crippen molar-refractivity contribution in [1.29, 1.82) is 5.26 Å². The maximum Gasteiger partial charge on any atom is 0.121 e. The number of hydrogen-bond acceptors (Lipinski definition) is 2. The molecule has 1 aromatic carbocycles. The predicted molar refractivity (Wildman–Crippen MR) is 103 cm³/mol. The Kier molecular flexibility index (Phi) is 6.23. The Morgan fingerprint density at radius 3 is 2.50 bits per heavy atom.